The van der Waals surface area contributed by atoms with Gasteiger partial charge >= 0.3 is 6.09 Å². The second-order valence-electron chi connectivity index (χ2n) is 9.21. The third-order valence-corrected chi connectivity index (χ3v) is 5.88. The van der Waals surface area contributed by atoms with Crippen LogP contribution in [0.4, 0.5) is 4.79 Å². The van der Waals surface area contributed by atoms with Crippen LogP contribution in [0.2, 0.25) is 0 Å². The predicted molar refractivity (Wildman–Crippen MR) is 109 cm³/mol. The first kappa shape index (κ1) is 20.2. The lowest BCUT2D eigenvalue weighted by molar-refractivity contribution is -0.0175. The first-order chi connectivity index (χ1) is 12.8. The Bertz CT molecular complexity index is 610. The summed E-state index contributed by atoms with van der Waals surface area (Å²) in [7, 11) is 0. The standard InChI is InChI=1S/C22H35N3O2/c1-21(2,3)27-20(26)24-14-16-25(17-15-24)22(4)10-12-23(13-11-22)18-19-8-6-5-7-9-19/h5-9H,10-18H2,1-4H3. The SMILES string of the molecule is CC(C)(C)OC(=O)N1CCN(C2(C)CCN(Cc3ccccc3)CC2)CC1. The number of piperidine rings is 1. The topological polar surface area (TPSA) is 36.0 Å². The van der Waals surface area contributed by atoms with E-state index >= 15 is 0 Å². The van der Waals surface area contributed by atoms with Crippen molar-refractivity contribution < 1.29 is 9.53 Å². The number of piperazine rings is 1. The van der Waals surface area contributed by atoms with Gasteiger partial charge in [-0.15, -0.1) is 0 Å². The molecule has 0 unspecified atom stereocenters. The lowest BCUT2D eigenvalue weighted by Crippen LogP contribution is -2.60. The van der Waals surface area contributed by atoms with Gasteiger partial charge in [-0.3, -0.25) is 9.80 Å². The van der Waals surface area contributed by atoms with Gasteiger partial charge in [-0.25, -0.2) is 4.79 Å². The van der Waals surface area contributed by atoms with Crippen LogP contribution in [-0.4, -0.2) is 71.2 Å². The second-order valence-corrected chi connectivity index (χ2v) is 9.21. The summed E-state index contributed by atoms with van der Waals surface area (Å²) in [6.07, 6.45) is 2.20. The number of nitrogens with zero attached hydrogens (tertiary/aromatic N) is 3. The van der Waals surface area contributed by atoms with Gasteiger partial charge < -0.3 is 9.64 Å². The minimum Gasteiger partial charge on any atom is -0.444 e. The molecule has 0 aromatic heterocycles. The van der Waals surface area contributed by atoms with E-state index in [1.807, 2.05) is 25.7 Å². The molecule has 0 N–H and O–H groups in total. The number of hydrogen-bond acceptors (Lipinski definition) is 4. The van der Waals surface area contributed by atoms with Crippen LogP contribution in [-0.2, 0) is 11.3 Å². The van der Waals surface area contributed by atoms with Crippen molar-refractivity contribution in [2.45, 2.75) is 58.2 Å². The highest BCUT2D eigenvalue weighted by atomic mass is 16.6. The average Bonchev–Trinajstić information content (AvgIpc) is 2.63. The van der Waals surface area contributed by atoms with Crippen molar-refractivity contribution in [3.63, 3.8) is 0 Å². The summed E-state index contributed by atoms with van der Waals surface area (Å²) >= 11 is 0. The number of hydrogen-bond donors (Lipinski definition) is 0. The number of benzene rings is 1. The molecule has 2 heterocycles. The quantitative estimate of drug-likeness (QED) is 0.811. The zero-order chi connectivity index (χ0) is 19.5. The van der Waals surface area contributed by atoms with Crippen molar-refractivity contribution in [3.05, 3.63) is 35.9 Å². The number of rotatable bonds is 3. The van der Waals surface area contributed by atoms with Crippen LogP contribution in [0.25, 0.3) is 0 Å². The fourth-order valence-corrected chi connectivity index (χ4v) is 4.11. The number of ether oxygens (including phenoxy) is 1. The molecule has 0 radical (unpaired) electrons. The van der Waals surface area contributed by atoms with E-state index in [4.69, 9.17) is 4.74 Å². The van der Waals surface area contributed by atoms with Gasteiger partial charge in [0, 0.05) is 51.4 Å². The molecule has 0 spiro atoms. The van der Waals surface area contributed by atoms with Crippen molar-refractivity contribution in [2.75, 3.05) is 39.3 Å². The van der Waals surface area contributed by atoms with Crippen molar-refractivity contribution in [1.29, 1.82) is 0 Å². The molecule has 0 saturated carbocycles. The van der Waals surface area contributed by atoms with Gasteiger partial charge in [0.05, 0.1) is 0 Å². The van der Waals surface area contributed by atoms with Gasteiger partial charge in [0.25, 0.3) is 0 Å². The summed E-state index contributed by atoms with van der Waals surface area (Å²) in [5.41, 5.74) is 1.21. The minimum absolute atomic E-state index is 0.176. The molecule has 1 amide bonds. The number of amides is 1. The molecular formula is C22H35N3O2. The lowest BCUT2D eigenvalue weighted by Gasteiger charge is -2.49. The van der Waals surface area contributed by atoms with Crippen LogP contribution in [0.5, 0.6) is 0 Å². The Hall–Kier alpha value is -1.59. The van der Waals surface area contributed by atoms with E-state index in [9.17, 15) is 4.79 Å². The van der Waals surface area contributed by atoms with Gasteiger partial charge in [0.2, 0.25) is 0 Å². The predicted octanol–water partition coefficient (Wildman–Crippen LogP) is 3.59. The third kappa shape index (κ3) is 5.45. The van der Waals surface area contributed by atoms with E-state index in [2.05, 4.69) is 47.1 Å². The molecular weight excluding hydrogens is 338 g/mol. The molecule has 0 aliphatic carbocycles. The van der Waals surface area contributed by atoms with Crippen LogP contribution in [0.15, 0.2) is 30.3 Å². The summed E-state index contributed by atoms with van der Waals surface area (Å²) in [6.45, 7) is 14.9. The van der Waals surface area contributed by atoms with Crippen molar-refractivity contribution in [1.82, 2.24) is 14.7 Å². The van der Waals surface area contributed by atoms with Crippen LogP contribution < -0.4 is 0 Å². The van der Waals surface area contributed by atoms with Crippen LogP contribution in [0.3, 0.4) is 0 Å². The minimum atomic E-state index is -0.425. The molecule has 1 aromatic rings. The third-order valence-electron chi connectivity index (χ3n) is 5.88. The molecule has 3 rings (SSSR count). The van der Waals surface area contributed by atoms with Gasteiger partial charge in [0.1, 0.15) is 5.60 Å². The zero-order valence-corrected chi connectivity index (χ0v) is 17.4. The highest BCUT2D eigenvalue weighted by molar-refractivity contribution is 5.68. The summed E-state index contributed by atoms with van der Waals surface area (Å²) in [6, 6.07) is 10.7. The number of carbonyl (C=O) groups excluding carboxylic acids is 1. The fourth-order valence-electron chi connectivity index (χ4n) is 4.11. The maximum absolute atomic E-state index is 12.3. The highest BCUT2D eigenvalue weighted by Gasteiger charge is 2.38. The Balaban J connectivity index is 1.47. The summed E-state index contributed by atoms with van der Waals surface area (Å²) < 4.78 is 5.52. The van der Waals surface area contributed by atoms with Gasteiger partial charge in [0.15, 0.2) is 0 Å². The molecule has 0 atom stereocenters. The summed E-state index contributed by atoms with van der Waals surface area (Å²) in [4.78, 5) is 19.3. The highest BCUT2D eigenvalue weighted by Crippen LogP contribution is 2.30. The van der Waals surface area contributed by atoms with E-state index in [1.165, 1.54) is 18.4 Å². The second kappa shape index (κ2) is 8.19. The van der Waals surface area contributed by atoms with Crippen LogP contribution in [0.1, 0.15) is 46.1 Å². The lowest BCUT2D eigenvalue weighted by atomic mass is 9.87. The molecule has 5 nitrogen and oxygen atoms in total. The van der Waals surface area contributed by atoms with Crippen molar-refractivity contribution >= 4 is 6.09 Å². The first-order valence-electron chi connectivity index (χ1n) is 10.2. The number of carbonyl (C=O) groups is 1. The molecule has 2 aliphatic rings. The fraction of sp³-hybridized carbons (Fsp3) is 0.682. The largest absolute Gasteiger partial charge is 0.444 e. The molecule has 0 bridgehead atoms. The van der Waals surface area contributed by atoms with Gasteiger partial charge in [-0.2, -0.15) is 0 Å². The molecule has 2 fully saturated rings. The zero-order valence-electron chi connectivity index (χ0n) is 17.4. The van der Waals surface area contributed by atoms with E-state index in [0.29, 0.717) is 0 Å². The van der Waals surface area contributed by atoms with Gasteiger partial charge in [-0.05, 0) is 46.1 Å². The first-order valence-corrected chi connectivity index (χ1v) is 10.2. The van der Waals surface area contributed by atoms with Crippen molar-refractivity contribution in [3.8, 4) is 0 Å². The van der Waals surface area contributed by atoms with Crippen LogP contribution >= 0.6 is 0 Å². The molecule has 2 aliphatic heterocycles. The molecule has 5 heteroatoms. The van der Waals surface area contributed by atoms with Gasteiger partial charge in [-0.1, -0.05) is 30.3 Å². The maximum Gasteiger partial charge on any atom is 0.410 e. The van der Waals surface area contributed by atoms with E-state index in [1.54, 1.807) is 0 Å². The maximum atomic E-state index is 12.3. The Labute approximate surface area is 164 Å². The summed E-state index contributed by atoms with van der Waals surface area (Å²) in [5.74, 6) is 0. The average molecular weight is 374 g/mol. The number of likely N-dealkylation sites (tertiary alicyclic amines) is 1. The molecule has 2 saturated heterocycles. The summed E-state index contributed by atoms with van der Waals surface area (Å²) in [5, 5.41) is 0. The van der Waals surface area contributed by atoms with E-state index < -0.39 is 5.60 Å². The smallest absolute Gasteiger partial charge is 0.410 e. The normalized spacial score (nSPS) is 21.9. The Morgan fingerprint density at radius 1 is 1.00 bits per heavy atom. The monoisotopic (exact) mass is 373 g/mol. The molecule has 27 heavy (non-hydrogen) atoms. The molecule has 1 aromatic carbocycles. The van der Waals surface area contributed by atoms with E-state index in [0.717, 1.165) is 45.8 Å². The Kier molecular flexibility index (Phi) is 6.11. The van der Waals surface area contributed by atoms with Crippen LogP contribution in [0, 0.1) is 0 Å². The van der Waals surface area contributed by atoms with E-state index in [-0.39, 0.29) is 11.6 Å². The Morgan fingerprint density at radius 3 is 2.15 bits per heavy atom. The Morgan fingerprint density at radius 2 is 1.59 bits per heavy atom. The molecule has 150 valence electrons. The van der Waals surface area contributed by atoms with Crippen molar-refractivity contribution in [2.24, 2.45) is 0 Å².